The van der Waals surface area contributed by atoms with E-state index in [2.05, 4.69) is 118 Å². The van der Waals surface area contributed by atoms with Crippen LogP contribution in [0.15, 0.2) is 72.4 Å². The average molecular weight is 743 g/mol. The van der Waals surface area contributed by atoms with Gasteiger partial charge in [-0.15, -0.1) is 0 Å². The van der Waals surface area contributed by atoms with Crippen LogP contribution in [-0.2, 0) is 32.6 Å². The smallest absolute Gasteiger partial charge is 0.330 e. The van der Waals surface area contributed by atoms with Gasteiger partial charge in [0.2, 0.25) is 0 Å². The third kappa shape index (κ3) is 13.8. The molecule has 0 fully saturated rings. The summed E-state index contributed by atoms with van der Waals surface area (Å²) in [7, 11) is -2.67. The molecule has 0 aromatic carbocycles. The lowest BCUT2D eigenvalue weighted by atomic mass is 9.98. The van der Waals surface area contributed by atoms with Crippen LogP contribution in [0.5, 0.6) is 0 Å². The quantitative estimate of drug-likeness (QED) is 0.139. The van der Waals surface area contributed by atoms with E-state index in [9.17, 15) is 4.79 Å². The second kappa shape index (κ2) is 18.9. The molecule has 7 atom stereocenters. The van der Waals surface area contributed by atoms with Crippen LogP contribution >= 0.6 is 0 Å². The SMILES string of the molecule is C=C1CCCC2OC(C=CC2OC)C/C=C\C(=O)OC(C(C=CC2CC(C)=CCO2)O[Si](C)(C)C(C)(C)C)C/C=C\C(O[Si](C)(C)C(C)(C)C)C1. The fourth-order valence-corrected chi connectivity index (χ4v) is 8.47. The molecule has 9 heteroatoms. The van der Waals surface area contributed by atoms with E-state index < -0.39 is 34.8 Å². The minimum absolute atomic E-state index is 0.0370. The van der Waals surface area contributed by atoms with Crippen molar-refractivity contribution in [2.75, 3.05) is 13.7 Å². The average Bonchev–Trinajstić information content (AvgIpc) is 3.01. The second-order valence-electron chi connectivity index (χ2n) is 17.7. The van der Waals surface area contributed by atoms with E-state index in [1.165, 1.54) is 11.6 Å². The summed E-state index contributed by atoms with van der Waals surface area (Å²) < 4.78 is 38.6. The van der Waals surface area contributed by atoms with Crippen LogP contribution in [0.3, 0.4) is 0 Å². The predicted octanol–water partition coefficient (Wildman–Crippen LogP) is 10.3. The molecule has 288 valence electrons. The molecule has 0 aromatic rings. The lowest BCUT2D eigenvalue weighted by molar-refractivity contribution is -0.146. The van der Waals surface area contributed by atoms with Crippen molar-refractivity contribution in [2.45, 2.75) is 172 Å². The molecule has 0 saturated heterocycles. The van der Waals surface area contributed by atoms with E-state index >= 15 is 0 Å². The molecule has 3 rings (SSSR count). The van der Waals surface area contributed by atoms with E-state index in [0.717, 1.165) is 37.7 Å². The van der Waals surface area contributed by atoms with Gasteiger partial charge in [-0.2, -0.15) is 0 Å². The number of fused-ring (bicyclic) bond motifs is 2. The van der Waals surface area contributed by atoms with E-state index in [1.807, 2.05) is 12.2 Å². The summed E-state index contributed by atoms with van der Waals surface area (Å²) in [5.74, 6) is -0.395. The van der Waals surface area contributed by atoms with Gasteiger partial charge in [0.1, 0.15) is 18.3 Å². The summed E-state index contributed by atoms with van der Waals surface area (Å²) in [6.45, 7) is 29.8. The summed E-state index contributed by atoms with van der Waals surface area (Å²) in [5.41, 5.74) is 2.47. The first-order valence-corrected chi connectivity index (χ1v) is 24.9. The van der Waals surface area contributed by atoms with E-state index in [1.54, 1.807) is 7.11 Å². The van der Waals surface area contributed by atoms with Crippen LogP contribution in [0.1, 0.15) is 93.4 Å². The zero-order chi connectivity index (χ0) is 38.0. The predicted molar refractivity (Wildman–Crippen MR) is 215 cm³/mol. The second-order valence-corrected chi connectivity index (χ2v) is 27.2. The highest BCUT2D eigenvalue weighted by atomic mass is 28.4. The summed E-state index contributed by atoms with van der Waals surface area (Å²) in [5, 5.41) is 0.0163. The first-order chi connectivity index (χ1) is 23.7. The van der Waals surface area contributed by atoms with Crippen molar-refractivity contribution in [3.63, 3.8) is 0 Å². The molecule has 2 bridgehead atoms. The van der Waals surface area contributed by atoms with Crippen molar-refractivity contribution < 1.29 is 32.6 Å². The number of carbonyl (C=O) groups is 1. The van der Waals surface area contributed by atoms with Gasteiger partial charge >= 0.3 is 5.97 Å². The Kier molecular flexibility index (Phi) is 16.2. The zero-order valence-electron chi connectivity index (χ0n) is 34.0. The van der Waals surface area contributed by atoms with E-state index in [0.29, 0.717) is 19.4 Å². The van der Waals surface area contributed by atoms with Gasteiger partial charge in [0, 0.05) is 19.6 Å². The lowest BCUT2D eigenvalue weighted by Crippen LogP contribution is -2.47. The number of carbonyl (C=O) groups excluding carboxylic acids is 1. The van der Waals surface area contributed by atoms with E-state index in [-0.39, 0.29) is 40.6 Å². The molecule has 0 spiro atoms. The maximum Gasteiger partial charge on any atom is 0.330 e. The standard InChI is InChI=1S/C42H70O7Si2/c1-31-17-14-20-37-36(44-9)25-23-33(46-37)18-16-22-40(43)47-38(21-15-19-35(30-31)48-50(10,11)41(3,4)5)39(49-51(12,13)42(6,7)8)26-24-34-29-32(2)27-28-45-34/h15-16,19,22-27,33-39H,1,14,17-18,20-21,28-30H2,2-13H3/b19-15-,22-16-,26-24?. The molecule has 0 radical (unpaired) electrons. The van der Waals surface area contributed by atoms with Crippen molar-refractivity contribution in [3.8, 4) is 0 Å². The van der Waals surface area contributed by atoms with E-state index in [4.69, 9.17) is 27.8 Å². The summed E-state index contributed by atoms with van der Waals surface area (Å²) in [6, 6.07) is 0. The molecular formula is C42H70O7Si2. The molecule has 0 aliphatic carbocycles. The largest absolute Gasteiger partial charge is 0.456 e. The number of methoxy groups -OCH3 is 1. The minimum atomic E-state index is -2.28. The molecule has 7 unspecified atom stereocenters. The number of hydrogen-bond acceptors (Lipinski definition) is 7. The molecule has 0 saturated carbocycles. The third-order valence-electron chi connectivity index (χ3n) is 11.3. The Morgan fingerprint density at radius 1 is 0.961 bits per heavy atom. The topological polar surface area (TPSA) is 72.5 Å². The van der Waals surface area contributed by atoms with Crippen molar-refractivity contribution in [2.24, 2.45) is 0 Å². The number of esters is 1. The van der Waals surface area contributed by atoms with Crippen LogP contribution in [0, 0.1) is 0 Å². The molecule has 0 N–H and O–H groups in total. The molecule has 0 aromatic heterocycles. The van der Waals surface area contributed by atoms with Gasteiger partial charge in [0.05, 0.1) is 31.0 Å². The van der Waals surface area contributed by atoms with Gasteiger partial charge in [0.15, 0.2) is 16.6 Å². The number of ether oxygens (including phenoxy) is 4. The fourth-order valence-electron chi connectivity index (χ4n) is 5.93. The Bertz CT molecular complexity index is 1300. The van der Waals surface area contributed by atoms with Crippen LogP contribution < -0.4 is 0 Å². The van der Waals surface area contributed by atoms with Gasteiger partial charge < -0.3 is 27.8 Å². The van der Waals surface area contributed by atoms with Crippen LogP contribution in [0.2, 0.25) is 36.3 Å². The van der Waals surface area contributed by atoms with Gasteiger partial charge in [-0.05, 0) is 81.7 Å². The number of hydrogen-bond donors (Lipinski definition) is 0. The maximum atomic E-state index is 13.5. The van der Waals surface area contributed by atoms with Crippen LogP contribution in [0.25, 0.3) is 0 Å². The van der Waals surface area contributed by atoms with Crippen LogP contribution in [0.4, 0.5) is 0 Å². The number of cyclic esters (lactones) is 1. The Morgan fingerprint density at radius 2 is 1.67 bits per heavy atom. The van der Waals surface area contributed by atoms with Gasteiger partial charge in [-0.25, -0.2) is 4.79 Å². The van der Waals surface area contributed by atoms with Gasteiger partial charge in [-0.1, -0.05) is 108 Å². The number of rotatable bonds is 8. The third-order valence-corrected chi connectivity index (χ3v) is 20.2. The monoisotopic (exact) mass is 742 g/mol. The molecular weight excluding hydrogens is 673 g/mol. The van der Waals surface area contributed by atoms with Crippen molar-refractivity contribution >= 4 is 22.6 Å². The first-order valence-electron chi connectivity index (χ1n) is 19.1. The molecule has 3 aliphatic heterocycles. The van der Waals surface area contributed by atoms with Gasteiger partial charge in [-0.3, -0.25) is 0 Å². The molecule has 7 nitrogen and oxygen atoms in total. The molecule has 3 heterocycles. The van der Waals surface area contributed by atoms with Gasteiger partial charge in [0.25, 0.3) is 0 Å². The first kappa shape index (κ1) is 43.5. The van der Waals surface area contributed by atoms with Crippen molar-refractivity contribution in [1.29, 1.82) is 0 Å². The lowest BCUT2D eigenvalue weighted by Gasteiger charge is -2.40. The highest BCUT2D eigenvalue weighted by molar-refractivity contribution is 6.74. The Hall–Kier alpha value is -1.86. The summed E-state index contributed by atoms with van der Waals surface area (Å²) in [4.78, 5) is 13.5. The summed E-state index contributed by atoms with van der Waals surface area (Å²) >= 11 is 0. The highest BCUT2D eigenvalue weighted by Crippen LogP contribution is 2.40. The Morgan fingerprint density at radius 3 is 2.31 bits per heavy atom. The highest BCUT2D eigenvalue weighted by Gasteiger charge is 2.41. The Labute approximate surface area is 312 Å². The molecule has 51 heavy (non-hydrogen) atoms. The van der Waals surface area contributed by atoms with Crippen molar-refractivity contribution in [1.82, 2.24) is 0 Å². The van der Waals surface area contributed by atoms with Crippen molar-refractivity contribution in [3.05, 3.63) is 72.4 Å². The summed E-state index contributed by atoms with van der Waals surface area (Å²) in [6.07, 6.45) is 21.9. The zero-order valence-corrected chi connectivity index (χ0v) is 36.0. The van der Waals surface area contributed by atoms with Crippen LogP contribution in [-0.4, -0.2) is 79.0 Å². The Balaban J connectivity index is 2.02. The normalized spacial score (nSPS) is 30.2. The molecule has 0 amide bonds. The maximum absolute atomic E-state index is 13.5. The minimum Gasteiger partial charge on any atom is -0.456 e. The molecule has 3 aliphatic rings. The fraction of sp³-hybridized carbons (Fsp3) is 0.690.